The van der Waals surface area contributed by atoms with E-state index in [0.717, 1.165) is 12.5 Å². The third-order valence-electron chi connectivity index (χ3n) is 3.40. The van der Waals surface area contributed by atoms with Crippen molar-refractivity contribution in [2.45, 2.75) is 18.6 Å². The maximum atomic E-state index is 12.5. The minimum absolute atomic E-state index is 0.0824. The number of nitrogens with zero attached hydrogens (tertiary/aromatic N) is 1. The lowest BCUT2D eigenvalue weighted by Crippen LogP contribution is -2.52. The molecule has 0 saturated carbocycles. The second kappa shape index (κ2) is 7.18. The van der Waals surface area contributed by atoms with Crippen molar-refractivity contribution >= 4 is 26.1 Å². The molecule has 10 heteroatoms. The second-order valence-electron chi connectivity index (χ2n) is 5.58. The van der Waals surface area contributed by atoms with Crippen LogP contribution in [0.5, 0.6) is 0 Å². The van der Waals surface area contributed by atoms with Crippen LogP contribution in [-0.4, -0.2) is 65.5 Å². The molecule has 0 bridgehead atoms. The van der Waals surface area contributed by atoms with Gasteiger partial charge in [0.25, 0.3) is 26.1 Å². The van der Waals surface area contributed by atoms with Crippen LogP contribution >= 0.6 is 0 Å². The summed E-state index contributed by atoms with van der Waals surface area (Å²) in [6, 6.07) is 8.51. The maximum Gasteiger partial charge on any atom is 0.264 e. The zero-order chi connectivity index (χ0) is 18.0. The van der Waals surface area contributed by atoms with Gasteiger partial charge >= 0.3 is 0 Å². The summed E-state index contributed by atoms with van der Waals surface area (Å²) in [4.78, 5) is 13.9. The Balaban J connectivity index is 2.18. The van der Waals surface area contributed by atoms with Crippen molar-refractivity contribution in [3.63, 3.8) is 0 Å². The Morgan fingerprint density at radius 1 is 1.00 bits per heavy atom. The number of likely N-dealkylation sites (tertiary alicyclic amines) is 1. The third kappa shape index (κ3) is 5.55. The molecule has 1 aromatic rings. The predicted octanol–water partition coefficient (Wildman–Crippen LogP) is 0.222. The highest BCUT2D eigenvalue weighted by Gasteiger charge is 2.37. The van der Waals surface area contributed by atoms with Crippen molar-refractivity contribution in [2.24, 2.45) is 0 Å². The van der Waals surface area contributed by atoms with Gasteiger partial charge in [-0.25, -0.2) is 0 Å². The number of benzene rings is 1. The average Bonchev–Trinajstić information content (AvgIpc) is 2.46. The van der Waals surface area contributed by atoms with Crippen LogP contribution in [0.2, 0.25) is 0 Å². The highest BCUT2D eigenvalue weighted by Crippen LogP contribution is 2.22. The van der Waals surface area contributed by atoms with E-state index in [9.17, 15) is 21.6 Å². The van der Waals surface area contributed by atoms with Gasteiger partial charge < -0.3 is 4.90 Å². The van der Waals surface area contributed by atoms with Crippen LogP contribution in [0.1, 0.15) is 16.8 Å². The van der Waals surface area contributed by atoms with Gasteiger partial charge in [0.2, 0.25) is 0 Å². The van der Waals surface area contributed by atoms with E-state index in [1.165, 1.54) is 4.90 Å². The highest BCUT2D eigenvalue weighted by atomic mass is 32.2. The minimum Gasteiger partial charge on any atom is -0.336 e. The molecule has 0 aliphatic carbocycles. The first-order valence-corrected chi connectivity index (χ1v) is 10.8. The van der Waals surface area contributed by atoms with Crippen LogP contribution in [0, 0.1) is 0 Å². The predicted molar refractivity (Wildman–Crippen MR) is 86.4 cm³/mol. The summed E-state index contributed by atoms with van der Waals surface area (Å²) in [7, 11) is -7.62. The summed E-state index contributed by atoms with van der Waals surface area (Å²) >= 11 is 0. The fourth-order valence-electron chi connectivity index (χ4n) is 2.49. The molecule has 0 aromatic heterocycles. The summed E-state index contributed by atoms with van der Waals surface area (Å²) in [6.07, 6.45) is -0.161. The van der Waals surface area contributed by atoms with Crippen LogP contribution in [0.15, 0.2) is 30.3 Å². The van der Waals surface area contributed by atoms with E-state index in [2.05, 4.69) is 0 Å². The minimum atomic E-state index is -3.84. The molecule has 134 valence electrons. The van der Waals surface area contributed by atoms with Crippen LogP contribution in [0.4, 0.5) is 0 Å². The fourth-order valence-corrected chi connectivity index (χ4v) is 3.80. The summed E-state index contributed by atoms with van der Waals surface area (Å²) in [5, 5.41) is 0. The molecule has 1 fully saturated rings. The Hall–Kier alpha value is -1.49. The number of rotatable bonds is 5. The standard InChI is InChI=1S/C14H19NO7S2/c1-23(17,18)21-12-8-9-15(10-13(12)22-24(2,19)20)14(16)11-6-4-3-5-7-11/h3-7,12-13H,8-10H2,1-2H3/t12-,13-/m0/s1. The first kappa shape index (κ1) is 18.8. The topological polar surface area (TPSA) is 107 Å². The van der Waals surface area contributed by atoms with Gasteiger partial charge in [0.15, 0.2) is 0 Å². The van der Waals surface area contributed by atoms with Crippen LogP contribution in [0.25, 0.3) is 0 Å². The molecule has 0 N–H and O–H groups in total. The van der Waals surface area contributed by atoms with Gasteiger partial charge in [-0.3, -0.25) is 13.2 Å². The van der Waals surface area contributed by atoms with Crippen molar-refractivity contribution in [1.82, 2.24) is 4.90 Å². The summed E-state index contributed by atoms with van der Waals surface area (Å²) in [5.41, 5.74) is 0.457. The molecule has 0 unspecified atom stereocenters. The van der Waals surface area contributed by atoms with Crippen LogP contribution in [-0.2, 0) is 28.6 Å². The fraction of sp³-hybridized carbons (Fsp3) is 0.500. The van der Waals surface area contributed by atoms with E-state index in [-0.39, 0.29) is 25.4 Å². The molecule has 1 aromatic carbocycles. The normalized spacial score (nSPS) is 22.3. The molecule has 1 heterocycles. The summed E-state index contributed by atoms with van der Waals surface area (Å²) in [6.45, 7) is 0.151. The number of carbonyl (C=O) groups is 1. The van der Waals surface area contributed by atoms with Gasteiger partial charge in [-0.15, -0.1) is 0 Å². The van der Waals surface area contributed by atoms with E-state index < -0.39 is 32.4 Å². The molecule has 2 atom stereocenters. The lowest BCUT2D eigenvalue weighted by Gasteiger charge is -2.36. The molecule has 2 rings (SSSR count). The highest BCUT2D eigenvalue weighted by molar-refractivity contribution is 7.86. The number of carbonyl (C=O) groups excluding carboxylic acids is 1. The Morgan fingerprint density at radius 2 is 1.54 bits per heavy atom. The first-order chi connectivity index (χ1) is 11.1. The van der Waals surface area contributed by atoms with Crippen LogP contribution in [0.3, 0.4) is 0 Å². The molecular formula is C14H19NO7S2. The molecule has 24 heavy (non-hydrogen) atoms. The molecule has 1 saturated heterocycles. The van der Waals surface area contributed by atoms with Crippen molar-refractivity contribution in [2.75, 3.05) is 25.6 Å². The monoisotopic (exact) mass is 377 g/mol. The summed E-state index contributed by atoms with van der Waals surface area (Å²) in [5.74, 6) is -0.282. The van der Waals surface area contributed by atoms with E-state index in [1.54, 1.807) is 30.3 Å². The van der Waals surface area contributed by atoms with Gasteiger partial charge in [0.1, 0.15) is 12.2 Å². The lowest BCUT2D eigenvalue weighted by molar-refractivity contribution is -0.000576. The van der Waals surface area contributed by atoms with Crippen LogP contribution < -0.4 is 0 Å². The summed E-state index contributed by atoms with van der Waals surface area (Å²) < 4.78 is 55.4. The van der Waals surface area contributed by atoms with Gasteiger partial charge in [0.05, 0.1) is 19.1 Å². The van der Waals surface area contributed by atoms with E-state index in [0.29, 0.717) is 5.56 Å². The quantitative estimate of drug-likeness (QED) is 0.676. The Kier molecular flexibility index (Phi) is 5.63. The van der Waals surface area contributed by atoms with Crippen molar-refractivity contribution in [1.29, 1.82) is 0 Å². The van der Waals surface area contributed by atoms with Crippen molar-refractivity contribution in [3.05, 3.63) is 35.9 Å². The van der Waals surface area contributed by atoms with Gasteiger partial charge in [-0.05, 0) is 18.6 Å². The first-order valence-electron chi connectivity index (χ1n) is 7.16. The third-order valence-corrected chi connectivity index (χ3v) is 4.60. The van der Waals surface area contributed by atoms with Gasteiger partial charge in [-0.2, -0.15) is 16.8 Å². The number of piperidine rings is 1. The van der Waals surface area contributed by atoms with Gasteiger partial charge in [-0.1, -0.05) is 18.2 Å². The molecule has 1 aliphatic rings. The molecule has 0 radical (unpaired) electrons. The largest absolute Gasteiger partial charge is 0.336 e. The Labute approximate surface area is 141 Å². The van der Waals surface area contributed by atoms with E-state index >= 15 is 0 Å². The van der Waals surface area contributed by atoms with Crippen molar-refractivity contribution in [3.8, 4) is 0 Å². The Bertz CT molecular complexity index is 790. The maximum absolute atomic E-state index is 12.5. The zero-order valence-corrected chi connectivity index (χ0v) is 14.9. The number of hydrogen-bond acceptors (Lipinski definition) is 7. The number of amides is 1. The van der Waals surface area contributed by atoms with Crippen molar-refractivity contribution < 1.29 is 30.0 Å². The second-order valence-corrected chi connectivity index (χ2v) is 8.78. The molecule has 1 amide bonds. The van der Waals surface area contributed by atoms with E-state index in [4.69, 9.17) is 8.37 Å². The lowest BCUT2D eigenvalue weighted by atomic mass is 10.0. The smallest absolute Gasteiger partial charge is 0.264 e. The van der Waals surface area contributed by atoms with Gasteiger partial charge in [0, 0.05) is 12.1 Å². The molecular weight excluding hydrogens is 358 g/mol. The molecule has 8 nitrogen and oxygen atoms in total. The van der Waals surface area contributed by atoms with E-state index in [1.807, 2.05) is 0 Å². The molecule has 1 aliphatic heterocycles. The number of hydrogen-bond donors (Lipinski definition) is 0. The average molecular weight is 377 g/mol. The SMILES string of the molecule is CS(=O)(=O)O[C@H]1CCN(C(=O)c2ccccc2)C[C@@H]1OS(C)(=O)=O. The zero-order valence-electron chi connectivity index (χ0n) is 13.3. The Morgan fingerprint density at radius 3 is 2.08 bits per heavy atom. The molecule has 0 spiro atoms.